The third-order valence-electron chi connectivity index (χ3n) is 3.10. The Bertz CT molecular complexity index is 623. The summed E-state index contributed by atoms with van der Waals surface area (Å²) in [7, 11) is 1.80. The van der Waals surface area contributed by atoms with Crippen molar-refractivity contribution in [1.82, 2.24) is 24.6 Å². The summed E-state index contributed by atoms with van der Waals surface area (Å²) in [6.07, 6.45) is 3.16. The molecule has 0 unspecified atom stereocenters. The third kappa shape index (κ3) is 1.82. The number of likely N-dealkylation sites (tertiary alicyclic amines) is 1. The summed E-state index contributed by atoms with van der Waals surface area (Å²) in [6.45, 7) is 1.18. The Labute approximate surface area is 109 Å². The summed E-state index contributed by atoms with van der Waals surface area (Å²) in [5.41, 5.74) is 0.691. The molecule has 2 aromatic rings. The predicted molar refractivity (Wildman–Crippen MR) is 66.0 cm³/mol. The van der Waals surface area contributed by atoms with Crippen LogP contribution in [0.5, 0.6) is 0 Å². The first-order chi connectivity index (χ1) is 8.65. The molecular formula is C11H12ClN5O. The summed E-state index contributed by atoms with van der Waals surface area (Å²) in [4.78, 5) is 21.9. The topological polar surface area (TPSA) is 63.9 Å². The number of halogens is 1. The number of amides is 1. The zero-order chi connectivity index (χ0) is 12.7. The Balaban J connectivity index is 1.97. The van der Waals surface area contributed by atoms with Gasteiger partial charge >= 0.3 is 0 Å². The van der Waals surface area contributed by atoms with E-state index in [2.05, 4.69) is 15.1 Å². The van der Waals surface area contributed by atoms with Gasteiger partial charge in [-0.2, -0.15) is 5.10 Å². The van der Waals surface area contributed by atoms with Crippen LogP contribution < -0.4 is 0 Å². The van der Waals surface area contributed by atoms with Gasteiger partial charge in [-0.05, 0) is 6.42 Å². The van der Waals surface area contributed by atoms with Crippen molar-refractivity contribution >= 4 is 28.5 Å². The van der Waals surface area contributed by atoms with Crippen LogP contribution >= 0.6 is 11.6 Å². The summed E-state index contributed by atoms with van der Waals surface area (Å²) in [6, 6.07) is 0. The van der Waals surface area contributed by atoms with Crippen LogP contribution in [-0.2, 0) is 18.4 Å². The summed E-state index contributed by atoms with van der Waals surface area (Å²) < 4.78 is 1.65. The molecule has 0 bridgehead atoms. The molecule has 0 N–H and O–H groups in total. The van der Waals surface area contributed by atoms with E-state index in [4.69, 9.17) is 11.6 Å². The Morgan fingerprint density at radius 3 is 3.00 bits per heavy atom. The summed E-state index contributed by atoms with van der Waals surface area (Å²) in [5, 5.41) is 5.21. The third-order valence-corrected chi connectivity index (χ3v) is 3.38. The van der Waals surface area contributed by atoms with Gasteiger partial charge in [-0.3, -0.25) is 9.48 Å². The van der Waals surface area contributed by atoms with Crippen LogP contribution in [0.3, 0.4) is 0 Å². The number of fused-ring (bicyclic) bond motifs is 1. The first-order valence-corrected chi connectivity index (χ1v) is 6.15. The molecule has 0 atom stereocenters. The van der Waals surface area contributed by atoms with E-state index in [0.717, 1.165) is 18.4 Å². The van der Waals surface area contributed by atoms with Crippen LogP contribution in [0.2, 0.25) is 5.15 Å². The SMILES string of the molecule is Cn1ncc2c(Cl)nc(CN3CCCC3=O)nc21. The normalized spacial score (nSPS) is 15.9. The first kappa shape index (κ1) is 11.4. The Morgan fingerprint density at radius 1 is 1.44 bits per heavy atom. The van der Waals surface area contributed by atoms with Crippen LogP contribution in [-0.4, -0.2) is 37.1 Å². The van der Waals surface area contributed by atoms with Gasteiger partial charge in [0.05, 0.1) is 18.1 Å². The van der Waals surface area contributed by atoms with Crippen LogP contribution in [0.25, 0.3) is 11.0 Å². The van der Waals surface area contributed by atoms with Crippen LogP contribution in [0.15, 0.2) is 6.20 Å². The second-order valence-corrected chi connectivity index (χ2v) is 4.71. The second-order valence-electron chi connectivity index (χ2n) is 4.35. The largest absolute Gasteiger partial charge is 0.335 e. The van der Waals surface area contributed by atoms with Gasteiger partial charge in [-0.15, -0.1) is 0 Å². The van der Waals surface area contributed by atoms with E-state index >= 15 is 0 Å². The number of hydrogen-bond acceptors (Lipinski definition) is 4. The highest BCUT2D eigenvalue weighted by Crippen LogP contribution is 2.20. The second kappa shape index (κ2) is 4.20. The first-order valence-electron chi connectivity index (χ1n) is 5.77. The van der Waals surface area contributed by atoms with Crippen LogP contribution in [0.4, 0.5) is 0 Å². The van der Waals surface area contributed by atoms with Gasteiger partial charge in [0.2, 0.25) is 5.91 Å². The highest BCUT2D eigenvalue weighted by Gasteiger charge is 2.21. The van der Waals surface area contributed by atoms with E-state index in [1.54, 1.807) is 22.8 Å². The van der Waals surface area contributed by atoms with Crippen LogP contribution in [0.1, 0.15) is 18.7 Å². The van der Waals surface area contributed by atoms with E-state index in [1.165, 1.54) is 0 Å². The minimum Gasteiger partial charge on any atom is -0.335 e. The monoisotopic (exact) mass is 265 g/mol. The Kier molecular flexibility index (Phi) is 2.66. The van der Waals surface area contributed by atoms with Crippen molar-refractivity contribution in [2.24, 2.45) is 7.05 Å². The molecule has 3 heterocycles. The lowest BCUT2D eigenvalue weighted by Crippen LogP contribution is -2.25. The molecule has 0 aliphatic carbocycles. The van der Waals surface area contributed by atoms with Crippen molar-refractivity contribution in [1.29, 1.82) is 0 Å². The maximum Gasteiger partial charge on any atom is 0.223 e. The number of aryl methyl sites for hydroxylation is 1. The maximum atomic E-state index is 11.6. The van der Waals surface area contributed by atoms with Crippen molar-refractivity contribution in [2.45, 2.75) is 19.4 Å². The lowest BCUT2D eigenvalue weighted by atomic mass is 10.4. The number of nitrogens with zero attached hydrogens (tertiary/aromatic N) is 5. The predicted octanol–water partition coefficient (Wildman–Crippen LogP) is 1.14. The standard InChI is InChI=1S/C11H12ClN5O/c1-16-11-7(5-13-16)10(12)14-8(15-11)6-17-4-2-3-9(17)18/h5H,2-4,6H2,1H3. The van der Waals surface area contributed by atoms with E-state index in [0.29, 0.717) is 29.6 Å². The molecule has 3 rings (SSSR count). The molecule has 18 heavy (non-hydrogen) atoms. The van der Waals surface area contributed by atoms with Crippen molar-refractivity contribution in [3.8, 4) is 0 Å². The maximum absolute atomic E-state index is 11.6. The molecule has 1 fully saturated rings. The zero-order valence-electron chi connectivity index (χ0n) is 9.93. The fourth-order valence-corrected chi connectivity index (χ4v) is 2.37. The lowest BCUT2D eigenvalue weighted by molar-refractivity contribution is -0.128. The molecule has 0 spiro atoms. The number of rotatable bonds is 2. The van der Waals surface area contributed by atoms with Crippen molar-refractivity contribution < 1.29 is 4.79 Å². The molecule has 0 radical (unpaired) electrons. The molecule has 1 amide bonds. The molecule has 7 heteroatoms. The number of hydrogen-bond donors (Lipinski definition) is 0. The Morgan fingerprint density at radius 2 is 2.28 bits per heavy atom. The molecule has 6 nitrogen and oxygen atoms in total. The van der Waals surface area contributed by atoms with E-state index in [1.807, 2.05) is 0 Å². The van der Waals surface area contributed by atoms with Gasteiger partial charge in [0.15, 0.2) is 11.5 Å². The molecule has 0 saturated carbocycles. The van der Waals surface area contributed by atoms with Gasteiger partial charge in [0, 0.05) is 20.0 Å². The van der Waals surface area contributed by atoms with Gasteiger partial charge in [0.1, 0.15) is 5.15 Å². The van der Waals surface area contributed by atoms with Crippen molar-refractivity contribution in [3.63, 3.8) is 0 Å². The molecule has 2 aromatic heterocycles. The number of carbonyl (C=O) groups excluding carboxylic acids is 1. The number of carbonyl (C=O) groups is 1. The van der Waals surface area contributed by atoms with Crippen molar-refractivity contribution in [2.75, 3.05) is 6.54 Å². The number of aromatic nitrogens is 4. The highest BCUT2D eigenvalue weighted by atomic mass is 35.5. The van der Waals surface area contributed by atoms with Gasteiger partial charge < -0.3 is 4.90 Å². The van der Waals surface area contributed by atoms with Gasteiger partial charge in [-0.1, -0.05) is 11.6 Å². The minimum absolute atomic E-state index is 0.153. The van der Waals surface area contributed by atoms with Gasteiger partial charge in [-0.25, -0.2) is 9.97 Å². The minimum atomic E-state index is 0.153. The quantitative estimate of drug-likeness (QED) is 0.764. The van der Waals surface area contributed by atoms with E-state index < -0.39 is 0 Å². The fraction of sp³-hybridized carbons (Fsp3) is 0.455. The lowest BCUT2D eigenvalue weighted by Gasteiger charge is -2.14. The molecular weight excluding hydrogens is 254 g/mol. The van der Waals surface area contributed by atoms with E-state index in [9.17, 15) is 4.79 Å². The average Bonchev–Trinajstić information content (AvgIpc) is 2.88. The van der Waals surface area contributed by atoms with Crippen molar-refractivity contribution in [3.05, 3.63) is 17.2 Å². The van der Waals surface area contributed by atoms with Gasteiger partial charge in [0.25, 0.3) is 0 Å². The Hall–Kier alpha value is -1.69. The van der Waals surface area contributed by atoms with Crippen LogP contribution in [0, 0.1) is 0 Å². The average molecular weight is 266 g/mol. The highest BCUT2D eigenvalue weighted by molar-refractivity contribution is 6.33. The smallest absolute Gasteiger partial charge is 0.223 e. The molecule has 1 saturated heterocycles. The summed E-state index contributed by atoms with van der Waals surface area (Å²) >= 11 is 6.09. The molecule has 1 aliphatic heterocycles. The zero-order valence-corrected chi connectivity index (χ0v) is 10.7. The molecule has 1 aliphatic rings. The fourth-order valence-electron chi connectivity index (χ4n) is 2.14. The summed E-state index contributed by atoms with van der Waals surface area (Å²) in [5.74, 6) is 0.714. The van der Waals surface area contributed by atoms with E-state index in [-0.39, 0.29) is 5.91 Å². The molecule has 0 aromatic carbocycles. The molecule has 94 valence electrons.